The molecule has 7 rings (SSSR count). The van der Waals surface area contributed by atoms with Crippen molar-refractivity contribution in [1.29, 1.82) is 0 Å². The van der Waals surface area contributed by atoms with Crippen LogP contribution in [-0.4, -0.2) is 102 Å². The molecular formula is C35H37ClN4O8S. The standard InChI is InChI=1S/C35H37ClN4O8S/c1-37-14-11-25(12-15-37)38-16-18-39(19-17-38)34(42)48-35(27-6-4-5-23-13-20-47-32(23)27)28-21-24(36)7-9-29(28)40(33(35)41)49(43,44)31-10-8-26(45-2)22-30(31)46-3/h4-10,13,20-22,25H,11-12,14-19H2,1-3H3. The number of hydrogen-bond donors (Lipinski definition) is 0. The lowest BCUT2D eigenvalue weighted by Gasteiger charge is -2.42. The highest BCUT2D eigenvalue weighted by Gasteiger charge is 2.61. The van der Waals surface area contributed by atoms with Gasteiger partial charge in [-0.2, -0.15) is 4.31 Å². The number of hydrogen-bond acceptors (Lipinski definition) is 10. The fourth-order valence-electron chi connectivity index (χ4n) is 7.17. The first-order valence-corrected chi connectivity index (χ1v) is 17.9. The largest absolute Gasteiger partial charge is 0.497 e. The third-order valence-corrected chi connectivity index (χ3v) is 11.8. The van der Waals surface area contributed by atoms with Crippen molar-refractivity contribution in [3.8, 4) is 11.5 Å². The first kappa shape index (κ1) is 33.2. The molecule has 12 nitrogen and oxygen atoms in total. The van der Waals surface area contributed by atoms with E-state index in [1.165, 1.54) is 56.9 Å². The molecule has 1 aromatic heterocycles. The molecule has 3 aliphatic heterocycles. The molecule has 2 saturated heterocycles. The SMILES string of the molecule is COc1ccc(S(=O)(=O)N2C(=O)C(OC(=O)N3CCN(C4CCN(C)CC4)CC3)(c3cccc4ccoc34)c3cc(Cl)ccc32)c(OC)c1. The van der Waals surface area contributed by atoms with Crippen molar-refractivity contribution in [2.24, 2.45) is 0 Å². The van der Waals surface area contributed by atoms with Crippen molar-refractivity contribution in [2.75, 3.05) is 64.8 Å². The molecule has 2 fully saturated rings. The highest BCUT2D eigenvalue weighted by Crippen LogP contribution is 2.52. The van der Waals surface area contributed by atoms with Crippen LogP contribution in [0.25, 0.3) is 11.0 Å². The highest BCUT2D eigenvalue weighted by molar-refractivity contribution is 7.93. The Morgan fingerprint density at radius 3 is 2.39 bits per heavy atom. The smallest absolute Gasteiger partial charge is 0.411 e. The third kappa shape index (κ3) is 5.58. The predicted molar refractivity (Wildman–Crippen MR) is 183 cm³/mol. The summed E-state index contributed by atoms with van der Waals surface area (Å²) in [6, 6.07) is 15.8. The lowest BCUT2D eigenvalue weighted by atomic mass is 9.86. The molecule has 0 N–H and O–H groups in total. The van der Waals surface area contributed by atoms with Crippen LogP contribution in [0, 0.1) is 0 Å². The zero-order chi connectivity index (χ0) is 34.5. The number of rotatable bonds is 7. The van der Waals surface area contributed by atoms with Gasteiger partial charge in [-0.05, 0) is 69.4 Å². The normalized spacial score (nSPS) is 20.9. The van der Waals surface area contributed by atoms with Crippen molar-refractivity contribution in [2.45, 2.75) is 29.4 Å². The number of halogens is 1. The second-order valence-electron chi connectivity index (χ2n) is 12.5. The zero-order valence-electron chi connectivity index (χ0n) is 27.4. The second kappa shape index (κ2) is 12.9. The number of piperidine rings is 1. The van der Waals surface area contributed by atoms with Gasteiger partial charge in [0.15, 0.2) is 0 Å². The van der Waals surface area contributed by atoms with Gasteiger partial charge in [0, 0.05) is 54.3 Å². The van der Waals surface area contributed by atoms with Crippen LogP contribution in [0.15, 0.2) is 76.2 Å². The van der Waals surface area contributed by atoms with Crippen molar-refractivity contribution in [1.82, 2.24) is 14.7 Å². The van der Waals surface area contributed by atoms with Gasteiger partial charge in [0.1, 0.15) is 22.0 Å². The van der Waals surface area contributed by atoms with Crippen LogP contribution in [0.5, 0.6) is 11.5 Å². The quantitative estimate of drug-likeness (QED) is 0.261. The summed E-state index contributed by atoms with van der Waals surface area (Å²) in [6.45, 7) is 4.12. The van der Waals surface area contributed by atoms with Gasteiger partial charge in [0.25, 0.3) is 15.9 Å². The molecule has 1 unspecified atom stereocenters. The molecular weight excluding hydrogens is 672 g/mol. The van der Waals surface area contributed by atoms with E-state index < -0.39 is 27.6 Å². The topological polar surface area (TPSA) is 122 Å². The number of carbonyl (C=O) groups is 2. The van der Waals surface area contributed by atoms with Crippen molar-refractivity contribution < 1.29 is 36.6 Å². The summed E-state index contributed by atoms with van der Waals surface area (Å²) in [6.07, 6.45) is 2.83. The Kier molecular flexibility index (Phi) is 8.72. The van der Waals surface area contributed by atoms with Gasteiger partial charge >= 0.3 is 6.09 Å². The molecule has 4 aromatic rings. The average Bonchev–Trinajstić information content (AvgIpc) is 3.69. The van der Waals surface area contributed by atoms with E-state index in [4.69, 9.17) is 30.2 Å². The molecule has 49 heavy (non-hydrogen) atoms. The van der Waals surface area contributed by atoms with E-state index in [2.05, 4.69) is 16.8 Å². The van der Waals surface area contributed by atoms with Gasteiger partial charge in [-0.25, -0.2) is 13.2 Å². The van der Waals surface area contributed by atoms with Crippen LogP contribution in [-0.2, 0) is 25.2 Å². The number of methoxy groups -OCH3 is 2. The van der Waals surface area contributed by atoms with Gasteiger partial charge in [0.2, 0.25) is 5.60 Å². The Balaban J connectivity index is 1.32. The van der Waals surface area contributed by atoms with Crippen molar-refractivity contribution in [3.63, 3.8) is 0 Å². The number of piperazine rings is 1. The van der Waals surface area contributed by atoms with E-state index in [0.29, 0.717) is 47.7 Å². The van der Waals surface area contributed by atoms with E-state index in [0.717, 1.165) is 25.9 Å². The number of sulfonamides is 1. The monoisotopic (exact) mass is 708 g/mol. The molecule has 2 amide bonds. The lowest BCUT2D eigenvalue weighted by molar-refractivity contribution is -0.132. The lowest BCUT2D eigenvalue weighted by Crippen LogP contribution is -2.55. The summed E-state index contributed by atoms with van der Waals surface area (Å²) in [4.78, 5) is 35.3. The average molecular weight is 709 g/mol. The van der Waals surface area contributed by atoms with E-state index in [-0.39, 0.29) is 38.1 Å². The maximum atomic E-state index is 15.1. The number of anilines is 1. The minimum atomic E-state index is -4.67. The Morgan fingerprint density at radius 1 is 0.918 bits per heavy atom. The maximum Gasteiger partial charge on any atom is 0.411 e. The van der Waals surface area contributed by atoms with E-state index in [9.17, 15) is 13.2 Å². The maximum absolute atomic E-state index is 15.1. The molecule has 3 aromatic carbocycles. The van der Waals surface area contributed by atoms with Gasteiger partial charge in [-0.3, -0.25) is 9.69 Å². The van der Waals surface area contributed by atoms with Crippen LogP contribution in [0.1, 0.15) is 24.0 Å². The number of furan rings is 1. The zero-order valence-corrected chi connectivity index (χ0v) is 29.0. The summed E-state index contributed by atoms with van der Waals surface area (Å²) in [5, 5.41) is 0.848. The minimum Gasteiger partial charge on any atom is -0.497 e. The Labute approximate surface area is 289 Å². The number of benzene rings is 3. The first-order chi connectivity index (χ1) is 23.6. The van der Waals surface area contributed by atoms with E-state index >= 15 is 4.79 Å². The molecule has 258 valence electrons. The Hall–Kier alpha value is -4.30. The van der Waals surface area contributed by atoms with Crippen LogP contribution < -0.4 is 13.8 Å². The molecule has 0 spiro atoms. The van der Waals surface area contributed by atoms with E-state index in [1.807, 2.05) is 0 Å². The molecule has 3 aliphatic rings. The molecule has 0 bridgehead atoms. The van der Waals surface area contributed by atoms with Crippen LogP contribution in [0.2, 0.25) is 5.02 Å². The summed E-state index contributed by atoms with van der Waals surface area (Å²) >= 11 is 6.53. The first-order valence-electron chi connectivity index (χ1n) is 16.1. The number of fused-ring (bicyclic) bond motifs is 2. The molecule has 4 heterocycles. The van der Waals surface area contributed by atoms with Crippen molar-refractivity contribution >= 4 is 50.3 Å². The Morgan fingerprint density at radius 2 is 1.67 bits per heavy atom. The number of ether oxygens (including phenoxy) is 3. The molecule has 0 radical (unpaired) electrons. The fraction of sp³-hybridized carbons (Fsp3) is 0.371. The van der Waals surface area contributed by atoms with Crippen LogP contribution in [0.4, 0.5) is 10.5 Å². The number of amides is 2. The van der Waals surface area contributed by atoms with Crippen molar-refractivity contribution in [3.05, 3.63) is 83.1 Å². The number of likely N-dealkylation sites (tertiary alicyclic amines) is 1. The summed E-state index contributed by atoms with van der Waals surface area (Å²) in [5.41, 5.74) is -1.77. The number of nitrogens with zero attached hydrogens (tertiary/aromatic N) is 4. The number of carbonyl (C=O) groups excluding carboxylic acids is 2. The van der Waals surface area contributed by atoms with Crippen LogP contribution in [0.3, 0.4) is 0 Å². The number of para-hydroxylation sites is 1. The van der Waals surface area contributed by atoms with E-state index in [1.54, 1.807) is 29.2 Å². The molecule has 0 aliphatic carbocycles. The Bertz CT molecular complexity index is 2020. The highest BCUT2D eigenvalue weighted by atomic mass is 35.5. The predicted octanol–water partition coefficient (Wildman–Crippen LogP) is 4.93. The van der Waals surface area contributed by atoms with Gasteiger partial charge < -0.3 is 28.4 Å². The molecule has 14 heteroatoms. The summed E-state index contributed by atoms with van der Waals surface area (Å²) in [5.74, 6) is -0.697. The molecule has 0 saturated carbocycles. The van der Waals surface area contributed by atoms with Crippen LogP contribution >= 0.6 is 11.6 Å². The van der Waals surface area contributed by atoms with Gasteiger partial charge in [-0.1, -0.05) is 29.8 Å². The summed E-state index contributed by atoms with van der Waals surface area (Å²) in [7, 11) is 0.220. The third-order valence-electron chi connectivity index (χ3n) is 9.81. The van der Waals surface area contributed by atoms with Gasteiger partial charge in [0.05, 0.1) is 31.7 Å². The summed E-state index contributed by atoms with van der Waals surface area (Å²) < 4.78 is 52.7. The van der Waals surface area contributed by atoms with Gasteiger partial charge in [-0.15, -0.1) is 0 Å². The second-order valence-corrected chi connectivity index (χ2v) is 14.7. The molecule has 1 atom stereocenters. The minimum absolute atomic E-state index is 0.0179. The fourth-order valence-corrected chi connectivity index (χ4v) is 8.94.